The average Bonchev–Trinajstić information content (AvgIpc) is 2.61. The molecule has 4 nitrogen and oxygen atoms in total. The van der Waals surface area contributed by atoms with Gasteiger partial charge >= 0.3 is 0 Å². The standard InChI is InChI=1S/C10H17N3OS/c1-3-4-8(11)10(14)12-5-9-13-7(2)6-15-9/h6,8H,3-5,11H2,1-2H3,(H,12,14)/t8-/m0/s1. The van der Waals surface area contributed by atoms with Crippen LogP contribution in [-0.2, 0) is 11.3 Å². The van der Waals surface area contributed by atoms with E-state index in [1.807, 2.05) is 19.2 Å². The molecule has 3 N–H and O–H groups in total. The lowest BCUT2D eigenvalue weighted by Gasteiger charge is -2.09. The third-order valence-corrected chi connectivity index (χ3v) is 2.98. The number of hydrogen-bond acceptors (Lipinski definition) is 4. The van der Waals surface area contributed by atoms with Gasteiger partial charge in [0.25, 0.3) is 0 Å². The van der Waals surface area contributed by atoms with Gasteiger partial charge < -0.3 is 11.1 Å². The molecule has 1 aromatic heterocycles. The summed E-state index contributed by atoms with van der Waals surface area (Å²) < 4.78 is 0. The van der Waals surface area contributed by atoms with Crippen LogP contribution < -0.4 is 11.1 Å². The molecule has 1 heterocycles. The molecular weight excluding hydrogens is 210 g/mol. The van der Waals surface area contributed by atoms with Gasteiger partial charge in [-0.15, -0.1) is 11.3 Å². The van der Waals surface area contributed by atoms with Gasteiger partial charge in [-0.05, 0) is 13.3 Å². The zero-order chi connectivity index (χ0) is 11.3. The third kappa shape index (κ3) is 3.97. The number of nitrogens with one attached hydrogen (secondary N) is 1. The number of thiazole rings is 1. The van der Waals surface area contributed by atoms with E-state index in [0.717, 1.165) is 23.5 Å². The molecule has 5 heteroatoms. The van der Waals surface area contributed by atoms with Crippen molar-refractivity contribution < 1.29 is 4.79 Å². The molecule has 84 valence electrons. The molecule has 0 aliphatic heterocycles. The van der Waals surface area contributed by atoms with Crippen LogP contribution in [0.3, 0.4) is 0 Å². The smallest absolute Gasteiger partial charge is 0.237 e. The van der Waals surface area contributed by atoms with Gasteiger partial charge in [0.1, 0.15) is 5.01 Å². The van der Waals surface area contributed by atoms with Crippen molar-refractivity contribution in [2.45, 2.75) is 39.3 Å². The van der Waals surface area contributed by atoms with Crippen molar-refractivity contribution in [3.8, 4) is 0 Å². The molecular formula is C10H17N3OS. The number of amides is 1. The summed E-state index contributed by atoms with van der Waals surface area (Å²) >= 11 is 1.55. The van der Waals surface area contributed by atoms with Crippen molar-refractivity contribution in [2.75, 3.05) is 0 Å². The number of carbonyl (C=O) groups excluding carboxylic acids is 1. The fourth-order valence-corrected chi connectivity index (χ4v) is 1.93. The van der Waals surface area contributed by atoms with E-state index in [-0.39, 0.29) is 5.91 Å². The van der Waals surface area contributed by atoms with E-state index in [4.69, 9.17) is 5.73 Å². The lowest BCUT2D eigenvalue weighted by molar-refractivity contribution is -0.122. The lowest BCUT2D eigenvalue weighted by Crippen LogP contribution is -2.40. The zero-order valence-corrected chi connectivity index (χ0v) is 9.93. The normalized spacial score (nSPS) is 12.5. The monoisotopic (exact) mass is 227 g/mol. The highest BCUT2D eigenvalue weighted by Gasteiger charge is 2.11. The Labute approximate surface area is 93.9 Å². The molecule has 1 aromatic rings. The number of rotatable bonds is 5. The fraction of sp³-hybridized carbons (Fsp3) is 0.600. The minimum absolute atomic E-state index is 0.0929. The first kappa shape index (κ1) is 12.1. The van der Waals surface area contributed by atoms with E-state index >= 15 is 0 Å². The van der Waals surface area contributed by atoms with Crippen molar-refractivity contribution in [3.05, 3.63) is 16.1 Å². The van der Waals surface area contributed by atoms with Gasteiger partial charge in [-0.1, -0.05) is 13.3 Å². The molecule has 0 spiro atoms. The second-order valence-electron chi connectivity index (χ2n) is 3.50. The van der Waals surface area contributed by atoms with E-state index < -0.39 is 6.04 Å². The van der Waals surface area contributed by atoms with E-state index in [2.05, 4.69) is 10.3 Å². The van der Waals surface area contributed by atoms with Gasteiger partial charge in [-0.25, -0.2) is 4.98 Å². The average molecular weight is 227 g/mol. The van der Waals surface area contributed by atoms with Crippen molar-refractivity contribution in [3.63, 3.8) is 0 Å². The van der Waals surface area contributed by atoms with Crippen LogP contribution in [0.25, 0.3) is 0 Å². The quantitative estimate of drug-likeness (QED) is 0.794. The van der Waals surface area contributed by atoms with Crippen LogP contribution in [0.4, 0.5) is 0 Å². The Morgan fingerprint density at radius 2 is 2.47 bits per heavy atom. The summed E-state index contributed by atoms with van der Waals surface area (Å²) in [6, 6.07) is -0.393. The molecule has 0 bridgehead atoms. The van der Waals surface area contributed by atoms with Crippen LogP contribution in [-0.4, -0.2) is 16.9 Å². The van der Waals surface area contributed by atoms with Gasteiger partial charge in [0, 0.05) is 11.1 Å². The summed E-state index contributed by atoms with van der Waals surface area (Å²) in [6.45, 7) is 4.43. The molecule has 0 aliphatic carbocycles. The Balaban J connectivity index is 2.34. The molecule has 1 amide bonds. The van der Waals surface area contributed by atoms with Crippen molar-refractivity contribution in [2.24, 2.45) is 5.73 Å². The first-order chi connectivity index (χ1) is 7.13. The van der Waals surface area contributed by atoms with E-state index in [1.54, 1.807) is 11.3 Å². The number of nitrogens with zero attached hydrogens (tertiary/aromatic N) is 1. The molecule has 0 saturated heterocycles. The number of aromatic nitrogens is 1. The van der Waals surface area contributed by atoms with Crippen LogP contribution in [0.15, 0.2) is 5.38 Å². The van der Waals surface area contributed by atoms with E-state index in [9.17, 15) is 4.79 Å². The second kappa shape index (κ2) is 5.82. The molecule has 0 saturated carbocycles. The van der Waals surface area contributed by atoms with Crippen LogP contribution in [0.2, 0.25) is 0 Å². The topological polar surface area (TPSA) is 68.0 Å². The minimum atomic E-state index is -0.393. The molecule has 1 atom stereocenters. The number of hydrogen-bond donors (Lipinski definition) is 2. The number of carbonyl (C=O) groups is 1. The molecule has 0 unspecified atom stereocenters. The molecule has 0 aromatic carbocycles. The maximum Gasteiger partial charge on any atom is 0.237 e. The summed E-state index contributed by atoms with van der Waals surface area (Å²) in [7, 11) is 0. The van der Waals surface area contributed by atoms with Crippen LogP contribution in [0.1, 0.15) is 30.5 Å². The Bertz CT molecular complexity index is 324. The van der Waals surface area contributed by atoms with Gasteiger partial charge in [0.2, 0.25) is 5.91 Å². The lowest BCUT2D eigenvalue weighted by atomic mass is 10.2. The van der Waals surface area contributed by atoms with Crippen molar-refractivity contribution in [1.82, 2.24) is 10.3 Å². The predicted molar refractivity (Wildman–Crippen MR) is 61.6 cm³/mol. The first-order valence-corrected chi connectivity index (χ1v) is 5.95. The first-order valence-electron chi connectivity index (χ1n) is 5.07. The summed E-state index contributed by atoms with van der Waals surface area (Å²) in [5.41, 5.74) is 6.66. The van der Waals surface area contributed by atoms with Gasteiger partial charge in [0.05, 0.1) is 12.6 Å². The van der Waals surface area contributed by atoms with Gasteiger partial charge in [-0.3, -0.25) is 4.79 Å². The van der Waals surface area contributed by atoms with Gasteiger partial charge in [0.15, 0.2) is 0 Å². The van der Waals surface area contributed by atoms with Crippen molar-refractivity contribution in [1.29, 1.82) is 0 Å². The summed E-state index contributed by atoms with van der Waals surface area (Å²) in [5.74, 6) is -0.0929. The highest BCUT2D eigenvalue weighted by atomic mass is 32.1. The maximum atomic E-state index is 11.5. The minimum Gasteiger partial charge on any atom is -0.348 e. The molecule has 15 heavy (non-hydrogen) atoms. The van der Waals surface area contributed by atoms with Crippen LogP contribution >= 0.6 is 11.3 Å². The fourth-order valence-electron chi connectivity index (χ4n) is 1.22. The third-order valence-electron chi connectivity index (χ3n) is 2.02. The maximum absolute atomic E-state index is 11.5. The second-order valence-corrected chi connectivity index (χ2v) is 4.44. The summed E-state index contributed by atoms with van der Waals surface area (Å²) in [6.07, 6.45) is 1.65. The summed E-state index contributed by atoms with van der Waals surface area (Å²) in [5, 5.41) is 5.67. The Kier molecular flexibility index (Phi) is 4.71. The molecule has 0 fully saturated rings. The Morgan fingerprint density at radius 3 is 3.00 bits per heavy atom. The number of nitrogens with two attached hydrogens (primary N) is 1. The SMILES string of the molecule is CCC[C@H](N)C(=O)NCc1nc(C)cs1. The Hall–Kier alpha value is -0.940. The predicted octanol–water partition coefficient (Wildman–Crippen LogP) is 1.20. The highest BCUT2D eigenvalue weighted by Crippen LogP contribution is 2.07. The van der Waals surface area contributed by atoms with Gasteiger partial charge in [-0.2, -0.15) is 0 Å². The largest absolute Gasteiger partial charge is 0.348 e. The zero-order valence-electron chi connectivity index (χ0n) is 9.12. The molecule has 0 aliphatic rings. The molecule has 0 radical (unpaired) electrons. The summed E-state index contributed by atoms with van der Waals surface area (Å²) in [4.78, 5) is 15.7. The van der Waals surface area contributed by atoms with Crippen LogP contribution in [0, 0.1) is 6.92 Å². The Morgan fingerprint density at radius 1 is 1.73 bits per heavy atom. The number of aryl methyl sites for hydroxylation is 1. The highest BCUT2D eigenvalue weighted by molar-refractivity contribution is 7.09. The van der Waals surface area contributed by atoms with E-state index in [1.165, 1.54) is 0 Å². The molecule has 1 rings (SSSR count). The van der Waals surface area contributed by atoms with Crippen LogP contribution in [0.5, 0.6) is 0 Å². The van der Waals surface area contributed by atoms with E-state index in [0.29, 0.717) is 6.54 Å². The van der Waals surface area contributed by atoms with Crippen molar-refractivity contribution >= 4 is 17.2 Å².